The molecule has 10 nitrogen and oxygen atoms in total. The van der Waals surface area contributed by atoms with Gasteiger partial charge in [-0.25, -0.2) is 9.59 Å². The molecular weight excluding hydrogens is 388 g/mol. The number of thioether (sulfide) groups is 2. The second kappa shape index (κ2) is 19.6. The number of aliphatic carboxylic acids is 4. The topological polar surface area (TPSA) is 201 Å². The number of nitrogens with two attached hydrogens (primary N) is 2. The van der Waals surface area contributed by atoms with Crippen molar-refractivity contribution in [2.45, 2.75) is 24.9 Å². The maximum absolute atomic E-state index is 10.1. The lowest BCUT2D eigenvalue weighted by atomic mass is 10.2. The van der Waals surface area contributed by atoms with Crippen LogP contribution in [0.4, 0.5) is 0 Å². The smallest absolute Gasteiger partial charge is 0.328 e. The molecule has 0 heterocycles. The quantitative estimate of drug-likeness (QED) is 0.262. The van der Waals surface area contributed by atoms with E-state index < -0.39 is 36.0 Å². The molecule has 0 bridgehead atoms. The average Bonchev–Trinajstić information content (AvgIpc) is 2.56. The van der Waals surface area contributed by atoms with Crippen LogP contribution in [-0.2, 0) is 19.2 Å². The minimum Gasteiger partial charge on any atom is -0.480 e. The summed E-state index contributed by atoms with van der Waals surface area (Å²) in [5, 5.41) is 32.2. The third-order valence-corrected chi connectivity index (χ3v) is 3.56. The van der Waals surface area contributed by atoms with Crippen molar-refractivity contribution >= 4 is 47.4 Å². The second-order valence-electron chi connectivity index (χ2n) is 4.46. The van der Waals surface area contributed by atoms with Gasteiger partial charge >= 0.3 is 23.9 Å². The third kappa shape index (κ3) is 27.1. The minimum atomic E-state index is -1.26. The molecule has 0 aromatic rings. The molecule has 0 amide bonds. The normalized spacial score (nSPS) is 12.0. The summed E-state index contributed by atoms with van der Waals surface area (Å²) >= 11 is 3.21. The summed E-state index contributed by atoms with van der Waals surface area (Å²) in [5.74, 6) is -2.71. The molecule has 0 aliphatic rings. The van der Waals surface area contributed by atoms with Gasteiger partial charge in [0, 0.05) is 12.2 Å². The van der Waals surface area contributed by atoms with E-state index in [2.05, 4.69) is 0 Å². The summed E-state index contributed by atoms with van der Waals surface area (Å²) in [5.41, 5.74) is 10.4. The lowest BCUT2D eigenvalue weighted by Crippen LogP contribution is -2.30. The standard InChI is InChI=1S/2C5H11NO2S.C4H4O4/c2*1-9-3-2-4(6)5(7)8;5-3(6)1-2-4(7)8/h2*4H,2-3,6H2,1H3,(H,7,8);1-2H,(H,5,6)(H,7,8)/b;;2-1-/t2*4-;/m00./s1. The van der Waals surface area contributed by atoms with Gasteiger partial charge in [0.25, 0.3) is 0 Å². The predicted molar refractivity (Wildman–Crippen MR) is 102 cm³/mol. The van der Waals surface area contributed by atoms with Crippen molar-refractivity contribution in [3.63, 3.8) is 0 Å². The lowest BCUT2D eigenvalue weighted by molar-refractivity contribution is -0.139. The Balaban J connectivity index is -0.000000306. The van der Waals surface area contributed by atoms with Crippen LogP contribution in [0, 0.1) is 0 Å². The lowest BCUT2D eigenvalue weighted by Gasteiger charge is -2.02. The summed E-state index contributed by atoms with van der Waals surface area (Å²) in [6, 6.07) is -1.37. The molecule has 26 heavy (non-hydrogen) atoms. The van der Waals surface area contributed by atoms with E-state index in [0.717, 1.165) is 11.5 Å². The van der Waals surface area contributed by atoms with Gasteiger partial charge in [-0.2, -0.15) is 23.5 Å². The highest BCUT2D eigenvalue weighted by Gasteiger charge is 2.09. The van der Waals surface area contributed by atoms with Crippen LogP contribution in [0.3, 0.4) is 0 Å². The molecule has 0 saturated carbocycles. The Hall–Kier alpha value is -1.76. The Morgan fingerprint density at radius 1 is 0.769 bits per heavy atom. The highest BCUT2D eigenvalue weighted by Crippen LogP contribution is 1.98. The number of rotatable bonds is 10. The van der Waals surface area contributed by atoms with Gasteiger partial charge in [-0.05, 0) is 36.9 Å². The van der Waals surface area contributed by atoms with Crippen molar-refractivity contribution in [1.29, 1.82) is 0 Å². The van der Waals surface area contributed by atoms with Gasteiger partial charge in [-0.3, -0.25) is 9.59 Å². The van der Waals surface area contributed by atoms with Crippen molar-refractivity contribution < 1.29 is 39.6 Å². The highest BCUT2D eigenvalue weighted by atomic mass is 32.2. The zero-order valence-electron chi connectivity index (χ0n) is 14.5. The first-order valence-electron chi connectivity index (χ1n) is 7.08. The van der Waals surface area contributed by atoms with Gasteiger partial charge in [0.15, 0.2) is 0 Å². The number of carbonyl (C=O) groups is 4. The Bertz CT molecular complexity index is 420. The van der Waals surface area contributed by atoms with Crippen LogP contribution in [0.2, 0.25) is 0 Å². The first-order valence-corrected chi connectivity index (χ1v) is 9.86. The Morgan fingerprint density at radius 3 is 1.19 bits per heavy atom. The van der Waals surface area contributed by atoms with Crippen LogP contribution in [-0.4, -0.2) is 80.4 Å². The van der Waals surface area contributed by atoms with Crippen LogP contribution in [0.15, 0.2) is 12.2 Å². The summed E-state index contributed by atoms with van der Waals surface area (Å²) < 4.78 is 0. The summed E-state index contributed by atoms with van der Waals surface area (Å²) in [7, 11) is 0. The van der Waals surface area contributed by atoms with Gasteiger partial charge < -0.3 is 31.9 Å². The van der Waals surface area contributed by atoms with E-state index in [4.69, 9.17) is 31.9 Å². The van der Waals surface area contributed by atoms with Gasteiger partial charge in [0.2, 0.25) is 0 Å². The minimum absolute atomic E-state index is 0.552. The summed E-state index contributed by atoms with van der Waals surface area (Å²) in [4.78, 5) is 39.2. The predicted octanol–water partition coefficient (Wildman–Crippen LogP) is 0.0146. The Kier molecular flexibility index (Phi) is 21.8. The molecule has 2 atom stereocenters. The maximum Gasteiger partial charge on any atom is 0.328 e. The number of hydrogen-bond donors (Lipinski definition) is 6. The highest BCUT2D eigenvalue weighted by molar-refractivity contribution is 7.98. The number of carboxylic acids is 4. The van der Waals surface area contributed by atoms with Crippen molar-refractivity contribution in [2.24, 2.45) is 11.5 Å². The molecule has 0 aliphatic carbocycles. The molecule has 152 valence electrons. The molecule has 0 rings (SSSR count). The molecule has 8 N–H and O–H groups in total. The fourth-order valence-corrected chi connectivity index (χ4v) is 1.86. The zero-order valence-corrected chi connectivity index (χ0v) is 16.2. The number of hydrogen-bond acceptors (Lipinski definition) is 8. The summed E-state index contributed by atoms with van der Waals surface area (Å²) in [6.45, 7) is 0. The molecule has 0 unspecified atom stereocenters. The van der Waals surface area contributed by atoms with E-state index in [0.29, 0.717) is 25.0 Å². The third-order valence-electron chi connectivity index (χ3n) is 2.27. The van der Waals surface area contributed by atoms with Crippen molar-refractivity contribution in [3.8, 4) is 0 Å². The van der Waals surface area contributed by atoms with Crippen molar-refractivity contribution in [1.82, 2.24) is 0 Å². The van der Waals surface area contributed by atoms with E-state index in [1.54, 1.807) is 23.5 Å². The van der Waals surface area contributed by atoms with Crippen LogP contribution >= 0.6 is 23.5 Å². The molecule has 0 saturated heterocycles. The van der Waals surface area contributed by atoms with Crippen molar-refractivity contribution in [2.75, 3.05) is 24.0 Å². The number of carboxylic acid groups (broad SMARTS) is 4. The largest absolute Gasteiger partial charge is 0.480 e. The van der Waals surface area contributed by atoms with Gasteiger partial charge in [0.1, 0.15) is 12.1 Å². The molecule has 0 fully saturated rings. The monoisotopic (exact) mass is 414 g/mol. The van der Waals surface area contributed by atoms with E-state index >= 15 is 0 Å². The zero-order chi connectivity index (χ0) is 21.1. The van der Waals surface area contributed by atoms with Gasteiger partial charge in [0.05, 0.1) is 0 Å². The Morgan fingerprint density at radius 2 is 1.04 bits per heavy atom. The molecule has 0 radical (unpaired) electrons. The van der Waals surface area contributed by atoms with Crippen LogP contribution < -0.4 is 11.5 Å². The van der Waals surface area contributed by atoms with E-state index in [9.17, 15) is 19.2 Å². The van der Waals surface area contributed by atoms with Gasteiger partial charge in [-0.1, -0.05) is 0 Å². The first kappa shape index (κ1) is 29.0. The summed E-state index contributed by atoms with van der Waals surface area (Å²) in [6.07, 6.45) is 6.07. The van der Waals surface area contributed by atoms with Crippen molar-refractivity contribution in [3.05, 3.63) is 12.2 Å². The molecule has 0 aromatic carbocycles. The van der Waals surface area contributed by atoms with Gasteiger partial charge in [-0.15, -0.1) is 0 Å². The van der Waals surface area contributed by atoms with E-state index in [1.165, 1.54) is 0 Å². The molecule has 0 aliphatic heterocycles. The second-order valence-corrected chi connectivity index (χ2v) is 6.43. The Labute approximate surface area is 160 Å². The molecule has 12 heteroatoms. The fraction of sp³-hybridized carbons (Fsp3) is 0.571. The maximum atomic E-state index is 10.1. The molecule has 0 aromatic heterocycles. The molecular formula is C14H26N2O8S2. The van der Waals surface area contributed by atoms with E-state index in [1.807, 2.05) is 12.5 Å². The fourth-order valence-electron chi connectivity index (χ4n) is 0.879. The van der Waals surface area contributed by atoms with E-state index in [-0.39, 0.29) is 0 Å². The van der Waals surface area contributed by atoms with Crippen LogP contribution in [0.25, 0.3) is 0 Å². The first-order chi connectivity index (χ1) is 12.0. The SMILES string of the molecule is CSCC[C@H](N)C(=O)O.CSCC[C@H](N)C(=O)O.O=C(O)/C=C\C(=O)O. The average molecular weight is 415 g/mol. The molecule has 0 spiro atoms. The van der Waals surface area contributed by atoms with Crippen LogP contribution in [0.1, 0.15) is 12.8 Å². The van der Waals surface area contributed by atoms with Crippen LogP contribution in [0.5, 0.6) is 0 Å².